The van der Waals surface area contributed by atoms with Gasteiger partial charge < -0.3 is 49.2 Å². The topological polar surface area (TPSA) is 211 Å². The third-order valence-corrected chi connectivity index (χ3v) is 6.42. The minimum atomic E-state index is -1.73. The summed E-state index contributed by atoms with van der Waals surface area (Å²) in [6, 6.07) is 2.78. The van der Waals surface area contributed by atoms with Gasteiger partial charge in [0.15, 0.2) is 17.8 Å². The van der Waals surface area contributed by atoms with Gasteiger partial charge in [-0.05, 0) is 24.6 Å². The first-order chi connectivity index (χ1) is 18.6. The number of nitroso groups, excluding NO2 is 1. The number of methoxy groups -OCH3 is 1. The normalized spacial score (nSPS) is 29.7. The molecule has 1 saturated heterocycles. The summed E-state index contributed by atoms with van der Waals surface area (Å²) >= 11 is 0. The smallest absolute Gasteiger partial charge is 0.337 e. The van der Waals surface area contributed by atoms with Crippen LogP contribution in [0.5, 0.6) is 11.5 Å². The zero-order chi connectivity index (χ0) is 28.7. The van der Waals surface area contributed by atoms with Crippen LogP contribution in [0.4, 0.5) is 0 Å². The minimum absolute atomic E-state index is 0.00513. The van der Waals surface area contributed by atoms with E-state index >= 15 is 0 Å². The molecule has 1 aromatic rings. The third kappa shape index (κ3) is 6.91. The van der Waals surface area contributed by atoms with Crippen molar-refractivity contribution in [2.45, 2.75) is 56.7 Å². The summed E-state index contributed by atoms with van der Waals surface area (Å²) < 4.78 is 26.8. The van der Waals surface area contributed by atoms with Crippen molar-refractivity contribution in [2.75, 3.05) is 20.3 Å². The number of aliphatic hydroxyl groups excluding tert-OH is 3. The number of ether oxygens (including phenoxy) is 5. The van der Waals surface area contributed by atoms with E-state index in [0.29, 0.717) is 5.56 Å². The number of aliphatic hydroxyl groups is 3. The SMILES string of the molecule is C/C=C1/C(CC(=O)OCCc2ccc(O)c(O)c2)C(C(=O)OC)=CO[C@H]1OC1O[C@H](CO)[C@@H](N=O)[C@H](O)[C@H]1O. The summed E-state index contributed by atoms with van der Waals surface area (Å²) in [5.41, 5.74) is 0.887. The highest BCUT2D eigenvalue weighted by atomic mass is 16.8. The molecule has 0 aromatic heterocycles. The molecule has 2 unspecified atom stereocenters. The van der Waals surface area contributed by atoms with Gasteiger partial charge in [-0.1, -0.05) is 17.3 Å². The Morgan fingerprint density at radius 3 is 2.51 bits per heavy atom. The summed E-state index contributed by atoms with van der Waals surface area (Å²) in [6.07, 6.45) is -5.04. The Bertz CT molecular complexity index is 1100. The highest BCUT2D eigenvalue weighted by Gasteiger charge is 2.48. The molecule has 7 atom stereocenters. The van der Waals surface area contributed by atoms with Gasteiger partial charge in [-0.25, -0.2) is 4.79 Å². The number of phenolic OH excluding ortho intramolecular Hbond substituents is 2. The molecule has 5 N–H and O–H groups in total. The van der Waals surface area contributed by atoms with Crippen molar-refractivity contribution in [2.24, 2.45) is 11.1 Å². The standard InChI is InChI=1S/C25H31NO13/c1-3-13-14(9-19(30)36-7-6-12-4-5-16(28)17(29)8-12)15(23(33)35-2)11-37-24(13)39-25-22(32)21(31)20(26-34)18(10-27)38-25/h3-5,8,11,14,18,20-22,24-25,27-29,31-32H,6-7,9-10H2,1-2H3/b13-3-/t14?,18-,20-,21+,22-,24+,25?/m1/s1. The van der Waals surface area contributed by atoms with Crippen molar-refractivity contribution in [3.8, 4) is 11.5 Å². The van der Waals surface area contributed by atoms with Gasteiger partial charge in [0.25, 0.3) is 0 Å². The van der Waals surface area contributed by atoms with Gasteiger partial charge in [-0.15, -0.1) is 0 Å². The quantitative estimate of drug-likeness (QED) is 0.113. The lowest BCUT2D eigenvalue weighted by atomic mass is 9.86. The van der Waals surface area contributed by atoms with Gasteiger partial charge in [-0.3, -0.25) is 4.79 Å². The summed E-state index contributed by atoms with van der Waals surface area (Å²) in [7, 11) is 1.16. The number of nitrogens with zero attached hydrogens (tertiary/aromatic N) is 1. The van der Waals surface area contributed by atoms with Gasteiger partial charge in [0, 0.05) is 17.9 Å². The lowest BCUT2D eigenvalue weighted by Gasteiger charge is -2.41. The predicted octanol–water partition coefficient (Wildman–Crippen LogP) is 0.140. The molecule has 14 heteroatoms. The number of carbonyl (C=O) groups excluding carboxylic acids is 2. The molecule has 14 nitrogen and oxygen atoms in total. The van der Waals surface area contributed by atoms with Crippen LogP contribution in [0.15, 0.2) is 46.9 Å². The monoisotopic (exact) mass is 553 g/mol. The van der Waals surface area contributed by atoms with Crippen LogP contribution in [-0.4, -0.2) is 94.7 Å². The van der Waals surface area contributed by atoms with E-state index in [0.717, 1.165) is 13.4 Å². The van der Waals surface area contributed by atoms with E-state index in [9.17, 15) is 40.0 Å². The molecule has 2 aliphatic heterocycles. The second-order valence-electron chi connectivity index (χ2n) is 8.81. The Kier molecular flexibility index (Phi) is 10.4. The molecule has 39 heavy (non-hydrogen) atoms. The predicted molar refractivity (Wildman–Crippen MR) is 130 cm³/mol. The number of esters is 2. The Labute approximate surface area is 223 Å². The molecule has 0 amide bonds. The summed E-state index contributed by atoms with van der Waals surface area (Å²) in [4.78, 5) is 36.2. The summed E-state index contributed by atoms with van der Waals surface area (Å²) in [5.74, 6) is -2.95. The first-order valence-corrected chi connectivity index (χ1v) is 12.0. The third-order valence-electron chi connectivity index (χ3n) is 6.42. The maximum Gasteiger partial charge on any atom is 0.337 e. The van der Waals surface area contributed by atoms with Crippen LogP contribution in [0, 0.1) is 10.8 Å². The van der Waals surface area contributed by atoms with E-state index in [4.69, 9.17) is 23.7 Å². The molecule has 0 aliphatic carbocycles. The fourth-order valence-electron chi connectivity index (χ4n) is 4.29. The number of rotatable bonds is 10. The highest BCUT2D eigenvalue weighted by molar-refractivity contribution is 5.90. The average Bonchev–Trinajstić information content (AvgIpc) is 2.92. The Morgan fingerprint density at radius 2 is 1.90 bits per heavy atom. The number of benzene rings is 1. The zero-order valence-electron chi connectivity index (χ0n) is 21.2. The van der Waals surface area contributed by atoms with Gasteiger partial charge in [-0.2, -0.15) is 4.91 Å². The van der Waals surface area contributed by atoms with E-state index in [1.165, 1.54) is 18.2 Å². The van der Waals surface area contributed by atoms with Gasteiger partial charge >= 0.3 is 11.9 Å². The van der Waals surface area contributed by atoms with E-state index in [2.05, 4.69) is 5.18 Å². The molecule has 3 rings (SSSR count). The second-order valence-corrected chi connectivity index (χ2v) is 8.81. The zero-order valence-corrected chi connectivity index (χ0v) is 21.2. The number of carbonyl (C=O) groups is 2. The lowest BCUT2D eigenvalue weighted by molar-refractivity contribution is -0.310. The molecule has 0 spiro atoms. The van der Waals surface area contributed by atoms with Crippen molar-refractivity contribution >= 4 is 11.9 Å². The van der Waals surface area contributed by atoms with Crippen molar-refractivity contribution in [1.29, 1.82) is 0 Å². The van der Waals surface area contributed by atoms with Gasteiger partial charge in [0.1, 0.15) is 24.4 Å². The van der Waals surface area contributed by atoms with Crippen molar-refractivity contribution in [3.05, 3.63) is 52.2 Å². The molecule has 2 heterocycles. The molecular weight excluding hydrogens is 522 g/mol. The Hall–Kier alpha value is -3.56. The van der Waals surface area contributed by atoms with Crippen molar-refractivity contribution in [3.63, 3.8) is 0 Å². The Morgan fingerprint density at radius 1 is 1.15 bits per heavy atom. The second kappa shape index (κ2) is 13.5. The highest BCUT2D eigenvalue weighted by Crippen LogP contribution is 2.36. The summed E-state index contributed by atoms with van der Waals surface area (Å²) in [5, 5.41) is 51.9. The average molecular weight is 554 g/mol. The van der Waals surface area contributed by atoms with Crippen LogP contribution in [-0.2, 0) is 39.7 Å². The van der Waals surface area contributed by atoms with Crippen LogP contribution < -0.4 is 0 Å². The number of hydrogen-bond acceptors (Lipinski definition) is 14. The fourth-order valence-corrected chi connectivity index (χ4v) is 4.29. The summed E-state index contributed by atoms with van der Waals surface area (Å²) in [6.45, 7) is 0.858. The Balaban J connectivity index is 1.72. The maximum atomic E-state index is 12.7. The van der Waals surface area contributed by atoms with Crippen molar-refractivity contribution < 1.29 is 58.8 Å². The number of hydrogen-bond donors (Lipinski definition) is 5. The van der Waals surface area contributed by atoms with Crippen LogP contribution in [0.25, 0.3) is 0 Å². The lowest BCUT2D eigenvalue weighted by Crippen LogP contribution is -2.59. The minimum Gasteiger partial charge on any atom is -0.504 e. The van der Waals surface area contributed by atoms with E-state index in [1.807, 2.05) is 0 Å². The number of phenols is 2. The van der Waals surface area contributed by atoms with E-state index in [1.54, 1.807) is 13.0 Å². The molecular formula is C25H31NO13. The van der Waals surface area contributed by atoms with Crippen LogP contribution >= 0.6 is 0 Å². The van der Waals surface area contributed by atoms with Crippen LogP contribution in [0.3, 0.4) is 0 Å². The first kappa shape index (κ1) is 30.0. The largest absolute Gasteiger partial charge is 0.504 e. The number of aromatic hydroxyl groups is 2. The van der Waals surface area contributed by atoms with E-state index < -0.39 is 61.4 Å². The maximum absolute atomic E-state index is 12.7. The molecule has 0 radical (unpaired) electrons. The molecule has 2 aliphatic rings. The van der Waals surface area contributed by atoms with Crippen LogP contribution in [0.1, 0.15) is 18.9 Å². The molecule has 0 bridgehead atoms. The number of allylic oxidation sites excluding steroid dienone is 1. The van der Waals surface area contributed by atoms with E-state index in [-0.39, 0.29) is 42.1 Å². The van der Waals surface area contributed by atoms with Gasteiger partial charge in [0.05, 0.1) is 38.6 Å². The molecule has 214 valence electrons. The fraction of sp³-hybridized carbons (Fsp3) is 0.520. The molecule has 1 fully saturated rings. The van der Waals surface area contributed by atoms with Crippen LogP contribution in [0.2, 0.25) is 0 Å². The first-order valence-electron chi connectivity index (χ1n) is 12.0. The molecule has 1 aromatic carbocycles. The van der Waals surface area contributed by atoms with Crippen molar-refractivity contribution in [1.82, 2.24) is 0 Å². The van der Waals surface area contributed by atoms with Gasteiger partial charge in [0.2, 0.25) is 6.29 Å². The molecule has 0 saturated carbocycles.